The molecule has 0 amide bonds. The van der Waals surface area contributed by atoms with Crippen LogP contribution in [0.5, 0.6) is 0 Å². The predicted molar refractivity (Wildman–Crippen MR) is 100 cm³/mol. The monoisotopic (exact) mass is 390 g/mol. The summed E-state index contributed by atoms with van der Waals surface area (Å²) < 4.78 is 27.9. The van der Waals surface area contributed by atoms with Crippen LogP contribution < -0.4 is 0 Å². The lowest BCUT2D eigenvalue weighted by atomic mass is 10.0. The maximum atomic E-state index is 12.6. The zero-order valence-electron chi connectivity index (χ0n) is 15.5. The van der Waals surface area contributed by atoms with E-state index in [9.17, 15) is 18.3 Å². The van der Waals surface area contributed by atoms with Crippen molar-refractivity contribution in [1.29, 1.82) is 0 Å². The summed E-state index contributed by atoms with van der Waals surface area (Å²) in [7, 11) is -0.565. The number of aryl methyl sites for hydroxylation is 1. The summed E-state index contributed by atoms with van der Waals surface area (Å²) in [6.45, 7) is 2.14. The first-order valence-electron chi connectivity index (χ1n) is 8.59. The van der Waals surface area contributed by atoms with Gasteiger partial charge in [0.1, 0.15) is 5.82 Å². The van der Waals surface area contributed by atoms with Crippen molar-refractivity contribution < 1.29 is 18.3 Å². The molecule has 1 atom stereocenters. The molecule has 1 aliphatic heterocycles. The largest absolute Gasteiger partial charge is 0.478 e. The van der Waals surface area contributed by atoms with Gasteiger partial charge in [-0.25, -0.2) is 14.8 Å². The Morgan fingerprint density at radius 1 is 1.26 bits per heavy atom. The molecule has 0 saturated carbocycles. The van der Waals surface area contributed by atoms with Gasteiger partial charge < -0.3 is 5.11 Å². The molecule has 3 rings (SSSR count). The lowest BCUT2D eigenvalue weighted by Gasteiger charge is -2.27. The van der Waals surface area contributed by atoms with E-state index in [4.69, 9.17) is 0 Å². The van der Waals surface area contributed by atoms with E-state index >= 15 is 0 Å². The molecule has 0 bridgehead atoms. The van der Waals surface area contributed by atoms with Crippen molar-refractivity contribution >= 4 is 16.2 Å². The number of rotatable bonds is 5. The molecule has 0 aliphatic carbocycles. The number of nitrogens with zero attached hydrogens (tertiary/aromatic N) is 4. The van der Waals surface area contributed by atoms with Crippen LogP contribution in [-0.2, 0) is 10.2 Å². The molecule has 0 unspecified atom stereocenters. The van der Waals surface area contributed by atoms with Crippen LogP contribution in [0.15, 0.2) is 30.3 Å². The van der Waals surface area contributed by atoms with Gasteiger partial charge in [-0.3, -0.25) is 0 Å². The Labute approximate surface area is 158 Å². The Balaban J connectivity index is 2.08. The van der Waals surface area contributed by atoms with Crippen LogP contribution in [0.25, 0.3) is 11.3 Å². The summed E-state index contributed by atoms with van der Waals surface area (Å²) in [5, 5.41) is 9.45. The molecule has 9 heteroatoms. The number of carboxylic acid groups (broad SMARTS) is 1. The van der Waals surface area contributed by atoms with Gasteiger partial charge in [-0.05, 0) is 31.9 Å². The second-order valence-corrected chi connectivity index (χ2v) is 8.73. The Kier molecular flexibility index (Phi) is 5.27. The van der Waals surface area contributed by atoms with E-state index < -0.39 is 22.2 Å². The molecular formula is C18H22N4O4S. The van der Waals surface area contributed by atoms with E-state index in [1.807, 2.05) is 0 Å². The van der Waals surface area contributed by atoms with E-state index in [1.54, 1.807) is 31.2 Å². The molecule has 0 spiro atoms. The highest BCUT2D eigenvalue weighted by atomic mass is 32.2. The highest BCUT2D eigenvalue weighted by Crippen LogP contribution is 2.35. The minimum Gasteiger partial charge on any atom is -0.478 e. The molecule has 2 heterocycles. The van der Waals surface area contributed by atoms with Crippen LogP contribution in [0, 0.1) is 6.92 Å². The molecular weight excluding hydrogens is 368 g/mol. The molecule has 1 fully saturated rings. The van der Waals surface area contributed by atoms with Gasteiger partial charge in [0.15, 0.2) is 0 Å². The van der Waals surface area contributed by atoms with Gasteiger partial charge in [0.25, 0.3) is 10.2 Å². The number of aromatic nitrogens is 2. The Morgan fingerprint density at radius 2 is 1.96 bits per heavy atom. The van der Waals surface area contributed by atoms with Gasteiger partial charge in [-0.2, -0.15) is 17.0 Å². The van der Waals surface area contributed by atoms with E-state index in [1.165, 1.54) is 28.8 Å². The van der Waals surface area contributed by atoms with E-state index in [0.29, 0.717) is 35.7 Å². The molecule has 2 aromatic rings. The zero-order valence-corrected chi connectivity index (χ0v) is 16.3. The maximum absolute atomic E-state index is 12.6. The SMILES string of the molecule is Cc1nc(-c2ccccc2C(=O)O)cc([C@H]2CCCN2S(=O)(=O)N(C)C)n1. The van der Waals surface area contributed by atoms with Gasteiger partial charge in [-0.15, -0.1) is 0 Å². The number of hydrogen-bond donors (Lipinski definition) is 1. The van der Waals surface area contributed by atoms with Crippen molar-refractivity contribution in [3.8, 4) is 11.3 Å². The van der Waals surface area contributed by atoms with Crippen LogP contribution in [-0.4, -0.2) is 58.7 Å². The summed E-state index contributed by atoms with van der Waals surface area (Å²) >= 11 is 0. The first-order valence-corrected chi connectivity index (χ1v) is 9.99. The minimum atomic E-state index is -3.57. The highest BCUT2D eigenvalue weighted by Gasteiger charge is 2.37. The topological polar surface area (TPSA) is 104 Å². The first kappa shape index (κ1) is 19.4. The predicted octanol–water partition coefficient (Wildman–Crippen LogP) is 2.09. The minimum absolute atomic E-state index is 0.144. The van der Waals surface area contributed by atoms with Crippen LogP contribution in [0.3, 0.4) is 0 Å². The molecule has 8 nitrogen and oxygen atoms in total. The van der Waals surface area contributed by atoms with Gasteiger partial charge >= 0.3 is 5.97 Å². The van der Waals surface area contributed by atoms with Crippen molar-refractivity contribution in [2.75, 3.05) is 20.6 Å². The van der Waals surface area contributed by atoms with Crippen LogP contribution in [0.4, 0.5) is 0 Å². The number of benzene rings is 1. The molecule has 1 saturated heterocycles. The van der Waals surface area contributed by atoms with E-state index in [0.717, 1.165) is 6.42 Å². The smallest absolute Gasteiger partial charge is 0.336 e. The van der Waals surface area contributed by atoms with Gasteiger partial charge in [-0.1, -0.05) is 18.2 Å². The van der Waals surface area contributed by atoms with Crippen molar-refractivity contribution in [2.45, 2.75) is 25.8 Å². The fourth-order valence-corrected chi connectivity index (χ4v) is 4.63. The number of carbonyl (C=O) groups is 1. The fraction of sp³-hybridized carbons (Fsp3) is 0.389. The first-order chi connectivity index (χ1) is 12.7. The molecule has 1 aromatic carbocycles. The average Bonchev–Trinajstić information content (AvgIpc) is 3.11. The Hall–Kier alpha value is -2.36. The summed E-state index contributed by atoms with van der Waals surface area (Å²) in [6, 6.07) is 7.92. The van der Waals surface area contributed by atoms with Gasteiger partial charge in [0.05, 0.1) is 23.0 Å². The second kappa shape index (κ2) is 7.34. The van der Waals surface area contributed by atoms with Crippen LogP contribution >= 0.6 is 0 Å². The van der Waals surface area contributed by atoms with Crippen molar-refractivity contribution in [3.63, 3.8) is 0 Å². The van der Waals surface area contributed by atoms with Crippen molar-refractivity contribution in [3.05, 3.63) is 47.4 Å². The lowest BCUT2D eigenvalue weighted by molar-refractivity contribution is 0.0697. The molecule has 1 aliphatic rings. The van der Waals surface area contributed by atoms with Gasteiger partial charge in [0, 0.05) is 26.2 Å². The summed E-state index contributed by atoms with van der Waals surface area (Å²) in [5.41, 5.74) is 1.69. The third kappa shape index (κ3) is 3.71. The molecule has 1 aromatic heterocycles. The number of hydrogen-bond acceptors (Lipinski definition) is 5. The maximum Gasteiger partial charge on any atom is 0.336 e. The summed E-state index contributed by atoms with van der Waals surface area (Å²) in [5.74, 6) is -0.571. The second-order valence-electron chi connectivity index (χ2n) is 6.63. The standard InChI is InChI=1S/C18H22N4O4S/c1-12-19-15(13-7-4-5-8-14(13)18(23)24)11-16(20-12)17-9-6-10-22(17)27(25,26)21(2)3/h4-5,7-8,11,17H,6,9-10H2,1-3H3,(H,23,24)/t17-/m1/s1. The Bertz CT molecular complexity index is 975. The van der Waals surface area contributed by atoms with Crippen molar-refractivity contribution in [1.82, 2.24) is 18.6 Å². The van der Waals surface area contributed by atoms with Crippen LogP contribution in [0.2, 0.25) is 0 Å². The normalized spacial score (nSPS) is 18.1. The van der Waals surface area contributed by atoms with Crippen LogP contribution in [0.1, 0.15) is 40.8 Å². The zero-order chi connectivity index (χ0) is 19.8. The molecule has 144 valence electrons. The fourth-order valence-electron chi connectivity index (χ4n) is 3.31. The average molecular weight is 390 g/mol. The van der Waals surface area contributed by atoms with E-state index in [-0.39, 0.29) is 5.56 Å². The molecule has 1 N–H and O–H groups in total. The van der Waals surface area contributed by atoms with Crippen molar-refractivity contribution in [2.24, 2.45) is 0 Å². The molecule has 0 radical (unpaired) electrons. The Morgan fingerprint density at radius 3 is 2.63 bits per heavy atom. The lowest BCUT2D eigenvalue weighted by Crippen LogP contribution is -2.39. The van der Waals surface area contributed by atoms with Gasteiger partial charge in [0.2, 0.25) is 0 Å². The third-order valence-corrected chi connectivity index (χ3v) is 6.55. The highest BCUT2D eigenvalue weighted by molar-refractivity contribution is 7.86. The van der Waals surface area contributed by atoms with E-state index in [2.05, 4.69) is 9.97 Å². The quantitative estimate of drug-likeness (QED) is 0.838. The summed E-state index contributed by atoms with van der Waals surface area (Å²) in [4.78, 5) is 20.4. The summed E-state index contributed by atoms with van der Waals surface area (Å²) in [6.07, 6.45) is 1.39. The third-order valence-electron chi connectivity index (χ3n) is 4.59. The number of carboxylic acids is 1. The number of aromatic carboxylic acids is 1. The molecule has 27 heavy (non-hydrogen) atoms.